The van der Waals surface area contributed by atoms with Gasteiger partial charge < -0.3 is 24.1 Å². The summed E-state index contributed by atoms with van der Waals surface area (Å²) in [6, 6.07) is 5.94. The van der Waals surface area contributed by atoms with Crippen LogP contribution in [0.2, 0.25) is 0 Å². The van der Waals surface area contributed by atoms with E-state index in [1.165, 1.54) is 4.90 Å². The molecule has 6 nitrogen and oxygen atoms in total. The molecule has 2 fully saturated rings. The Bertz CT molecular complexity index is 703. The molecule has 3 aliphatic rings. The summed E-state index contributed by atoms with van der Waals surface area (Å²) in [7, 11) is -0.421. The maximum absolute atomic E-state index is 11.4. The van der Waals surface area contributed by atoms with Crippen LogP contribution in [0.4, 0.5) is 4.79 Å². The number of fused-ring (bicyclic) bond motifs is 3. The van der Waals surface area contributed by atoms with Gasteiger partial charge in [-0.15, -0.1) is 0 Å². The van der Waals surface area contributed by atoms with Crippen LogP contribution in [0.15, 0.2) is 18.2 Å². The number of benzene rings is 1. The molecule has 0 radical (unpaired) electrons. The standard InChI is InChI=1S/C18H24BNO5/c1-17(2)18(3,4)25-19(24-17)11-5-6-13-12-7-8-20(16(21)22)14(12)10-23-15(13)9-11/h5-6,9,12,14H,7-8,10H2,1-4H3,(H,21,22). The minimum Gasteiger partial charge on any atom is -0.491 e. The van der Waals surface area contributed by atoms with E-state index in [-0.39, 0.29) is 23.2 Å². The fraction of sp³-hybridized carbons (Fsp3) is 0.611. The molecule has 0 aliphatic carbocycles. The van der Waals surface area contributed by atoms with Gasteiger partial charge in [0.05, 0.1) is 17.2 Å². The van der Waals surface area contributed by atoms with Gasteiger partial charge in [-0.3, -0.25) is 0 Å². The highest BCUT2D eigenvalue weighted by Gasteiger charge is 2.52. The molecule has 0 bridgehead atoms. The van der Waals surface area contributed by atoms with Crippen LogP contribution in [0, 0.1) is 0 Å². The third-order valence-corrected chi connectivity index (χ3v) is 6.16. The molecule has 1 N–H and O–H groups in total. The zero-order chi connectivity index (χ0) is 18.0. The summed E-state index contributed by atoms with van der Waals surface area (Å²) in [5, 5.41) is 9.32. The van der Waals surface area contributed by atoms with Crippen molar-refractivity contribution in [1.82, 2.24) is 4.90 Å². The fourth-order valence-corrected chi connectivity index (χ4v) is 3.94. The van der Waals surface area contributed by atoms with Crippen molar-refractivity contribution in [2.45, 2.75) is 57.3 Å². The third-order valence-electron chi connectivity index (χ3n) is 6.16. The smallest absolute Gasteiger partial charge is 0.491 e. The first kappa shape index (κ1) is 16.7. The number of nitrogens with zero attached hydrogens (tertiary/aromatic N) is 1. The van der Waals surface area contributed by atoms with Crippen molar-refractivity contribution < 1.29 is 23.9 Å². The summed E-state index contributed by atoms with van der Waals surface area (Å²) in [6.07, 6.45) is -0.0308. The molecule has 1 aromatic carbocycles. The molecule has 4 rings (SSSR count). The average molecular weight is 345 g/mol. The van der Waals surface area contributed by atoms with Gasteiger partial charge >= 0.3 is 13.2 Å². The molecule has 2 atom stereocenters. The zero-order valence-corrected chi connectivity index (χ0v) is 15.1. The molecule has 1 amide bonds. The van der Waals surface area contributed by atoms with Gasteiger partial charge in [0.25, 0.3) is 0 Å². The lowest BCUT2D eigenvalue weighted by molar-refractivity contribution is 0.00578. The van der Waals surface area contributed by atoms with E-state index >= 15 is 0 Å². The van der Waals surface area contributed by atoms with Crippen molar-refractivity contribution in [3.8, 4) is 5.75 Å². The molecule has 3 aliphatic heterocycles. The van der Waals surface area contributed by atoms with Crippen LogP contribution in [0.25, 0.3) is 0 Å². The molecule has 2 unspecified atom stereocenters. The van der Waals surface area contributed by atoms with Crippen LogP contribution in [-0.4, -0.2) is 53.6 Å². The molecule has 0 aromatic heterocycles. The van der Waals surface area contributed by atoms with Gasteiger partial charge in [0.1, 0.15) is 12.4 Å². The number of carboxylic acid groups (broad SMARTS) is 1. The molecule has 0 spiro atoms. The summed E-state index contributed by atoms with van der Waals surface area (Å²) < 4.78 is 18.1. The first-order valence-corrected chi connectivity index (χ1v) is 8.81. The predicted octanol–water partition coefficient (Wildman–Crippen LogP) is 2.21. The number of hydrogen-bond donors (Lipinski definition) is 1. The van der Waals surface area contributed by atoms with Crippen molar-refractivity contribution in [2.24, 2.45) is 0 Å². The molecule has 134 valence electrons. The molecule has 2 saturated heterocycles. The maximum atomic E-state index is 11.4. The monoisotopic (exact) mass is 345 g/mol. The molecule has 7 heteroatoms. The van der Waals surface area contributed by atoms with E-state index in [4.69, 9.17) is 14.0 Å². The largest absolute Gasteiger partial charge is 0.494 e. The summed E-state index contributed by atoms with van der Waals surface area (Å²) in [5.41, 5.74) is 1.25. The fourth-order valence-electron chi connectivity index (χ4n) is 3.94. The van der Waals surface area contributed by atoms with Crippen molar-refractivity contribution in [2.75, 3.05) is 13.2 Å². The number of likely N-dealkylation sites (tertiary alicyclic amines) is 1. The Kier molecular flexibility index (Phi) is 3.60. The van der Waals surface area contributed by atoms with Crippen LogP contribution >= 0.6 is 0 Å². The average Bonchev–Trinajstić information content (AvgIpc) is 3.05. The Hall–Kier alpha value is -1.73. The SMILES string of the molecule is CC1(C)OB(c2ccc3c(c2)OCC2C3CCN2C(=O)O)OC1(C)C. The van der Waals surface area contributed by atoms with E-state index < -0.39 is 13.2 Å². The van der Waals surface area contributed by atoms with Gasteiger partial charge in [-0.25, -0.2) is 4.79 Å². The Morgan fingerprint density at radius 2 is 1.92 bits per heavy atom. The lowest BCUT2D eigenvalue weighted by Crippen LogP contribution is -2.42. The lowest BCUT2D eigenvalue weighted by atomic mass is 9.77. The van der Waals surface area contributed by atoms with Crippen LogP contribution in [0.5, 0.6) is 5.75 Å². The lowest BCUT2D eigenvalue weighted by Gasteiger charge is -2.32. The number of amides is 1. The van der Waals surface area contributed by atoms with Crippen LogP contribution in [0.3, 0.4) is 0 Å². The van der Waals surface area contributed by atoms with Gasteiger partial charge in [0.2, 0.25) is 0 Å². The number of ether oxygens (including phenoxy) is 1. The first-order chi connectivity index (χ1) is 11.7. The van der Waals surface area contributed by atoms with Crippen LogP contribution in [-0.2, 0) is 9.31 Å². The minimum atomic E-state index is -0.867. The highest BCUT2D eigenvalue weighted by molar-refractivity contribution is 6.62. The molecular weight excluding hydrogens is 321 g/mol. The van der Waals surface area contributed by atoms with E-state index in [0.717, 1.165) is 23.2 Å². The quantitative estimate of drug-likeness (QED) is 0.791. The molecule has 1 aromatic rings. The van der Waals surface area contributed by atoms with Gasteiger partial charge in [-0.2, -0.15) is 0 Å². The minimum absolute atomic E-state index is 0.0901. The summed E-state index contributed by atoms with van der Waals surface area (Å²) in [5.74, 6) is 1.02. The summed E-state index contributed by atoms with van der Waals surface area (Å²) in [6.45, 7) is 9.09. The van der Waals surface area contributed by atoms with Gasteiger partial charge in [0.15, 0.2) is 0 Å². The van der Waals surface area contributed by atoms with Crippen LogP contribution < -0.4 is 10.2 Å². The van der Waals surface area contributed by atoms with E-state index in [0.29, 0.717) is 13.2 Å². The predicted molar refractivity (Wildman–Crippen MR) is 93.5 cm³/mol. The van der Waals surface area contributed by atoms with Crippen molar-refractivity contribution in [3.05, 3.63) is 23.8 Å². The van der Waals surface area contributed by atoms with E-state index in [2.05, 4.69) is 0 Å². The Balaban J connectivity index is 1.60. The topological polar surface area (TPSA) is 68.2 Å². The van der Waals surface area contributed by atoms with Crippen molar-refractivity contribution in [3.63, 3.8) is 0 Å². The number of rotatable bonds is 1. The van der Waals surface area contributed by atoms with Gasteiger partial charge in [-0.05, 0) is 51.2 Å². The second kappa shape index (κ2) is 5.38. The molecule has 25 heavy (non-hydrogen) atoms. The Morgan fingerprint density at radius 1 is 1.24 bits per heavy atom. The van der Waals surface area contributed by atoms with Crippen molar-refractivity contribution in [1.29, 1.82) is 0 Å². The van der Waals surface area contributed by atoms with Gasteiger partial charge in [0, 0.05) is 12.5 Å². The van der Waals surface area contributed by atoms with E-state index in [1.54, 1.807) is 0 Å². The molecule has 0 saturated carbocycles. The summed E-state index contributed by atoms with van der Waals surface area (Å²) in [4.78, 5) is 12.9. The van der Waals surface area contributed by atoms with Gasteiger partial charge in [-0.1, -0.05) is 12.1 Å². The third kappa shape index (κ3) is 2.52. The Morgan fingerprint density at radius 3 is 2.56 bits per heavy atom. The summed E-state index contributed by atoms with van der Waals surface area (Å²) >= 11 is 0. The highest BCUT2D eigenvalue weighted by atomic mass is 16.7. The Labute approximate surface area is 148 Å². The highest BCUT2D eigenvalue weighted by Crippen LogP contribution is 2.42. The van der Waals surface area contributed by atoms with Crippen LogP contribution in [0.1, 0.15) is 45.6 Å². The molecule has 3 heterocycles. The van der Waals surface area contributed by atoms with E-state index in [1.807, 2.05) is 45.9 Å². The normalized spacial score (nSPS) is 29.1. The zero-order valence-electron chi connectivity index (χ0n) is 15.1. The van der Waals surface area contributed by atoms with E-state index in [9.17, 15) is 9.90 Å². The maximum Gasteiger partial charge on any atom is 0.494 e. The van der Waals surface area contributed by atoms with Crippen molar-refractivity contribution >= 4 is 18.7 Å². The molecular formula is C18H24BNO5. The second-order valence-corrected chi connectivity index (χ2v) is 8.14. The number of carbonyl (C=O) groups is 1. The second-order valence-electron chi connectivity index (χ2n) is 8.14. The first-order valence-electron chi connectivity index (χ1n) is 8.81. The number of hydrogen-bond acceptors (Lipinski definition) is 4.